The first-order chi connectivity index (χ1) is 14.5. The third-order valence-corrected chi connectivity index (χ3v) is 8.99. The molecule has 0 spiro atoms. The summed E-state index contributed by atoms with van der Waals surface area (Å²) in [5.74, 6) is -7.23. The van der Waals surface area contributed by atoms with E-state index >= 15 is 0 Å². The van der Waals surface area contributed by atoms with E-state index in [0.29, 0.717) is 0 Å². The molecule has 0 aromatic carbocycles. The van der Waals surface area contributed by atoms with Crippen LogP contribution in [0.15, 0.2) is 0 Å². The van der Waals surface area contributed by atoms with Crippen molar-refractivity contribution in [3.63, 3.8) is 0 Å². The highest BCUT2D eigenvalue weighted by atomic mass is 32.3. The zero-order valence-corrected chi connectivity index (χ0v) is 17.8. The molecule has 0 atom stereocenters. The van der Waals surface area contributed by atoms with Crippen molar-refractivity contribution in [1.82, 2.24) is 19.1 Å². The number of carbonyl (C=O) groups is 2. The van der Waals surface area contributed by atoms with Crippen LogP contribution in [0.5, 0.6) is 0 Å². The van der Waals surface area contributed by atoms with Crippen LogP contribution in [-0.2, 0) is 49.7 Å². The SMILES string of the molecule is O=C(NNC(=O)C(F)(F)S(=O)(=O)NS(=O)(=O)C(F)(F)F)C(F)(F)S(=O)(=O)NS(=O)(=O)C(F)(F)F. The van der Waals surface area contributed by atoms with Crippen LogP contribution in [0, 0.1) is 0 Å². The van der Waals surface area contributed by atoms with Gasteiger partial charge in [-0.15, -0.1) is 0 Å². The number of sulfonamides is 4. The van der Waals surface area contributed by atoms with Gasteiger partial charge in [0, 0.05) is 0 Å². The predicted molar refractivity (Wildman–Crippen MR) is 80.2 cm³/mol. The van der Waals surface area contributed by atoms with E-state index < -0.39 is 81.7 Å². The van der Waals surface area contributed by atoms with E-state index in [1.54, 1.807) is 0 Å². The second kappa shape index (κ2) is 8.87. The van der Waals surface area contributed by atoms with Crippen molar-refractivity contribution in [2.45, 2.75) is 21.5 Å². The topological polar surface area (TPSA) is 219 Å². The first-order valence-electron chi connectivity index (χ1n) is 6.51. The molecule has 0 fully saturated rings. The summed E-state index contributed by atoms with van der Waals surface area (Å²) in [5, 5.41) is -12.7. The summed E-state index contributed by atoms with van der Waals surface area (Å²) in [5.41, 5.74) is -13.1. The van der Waals surface area contributed by atoms with Crippen molar-refractivity contribution in [2.24, 2.45) is 0 Å². The van der Waals surface area contributed by atoms with Gasteiger partial charge in [0.1, 0.15) is 0 Å². The third kappa shape index (κ3) is 6.34. The quantitative estimate of drug-likeness (QED) is 0.173. The average molecular weight is 610 g/mol. The Kier molecular flexibility index (Phi) is 8.34. The lowest BCUT2D eigenvalue weighted by molar-refractivity contribution is -0.144. The zero-order valence-electron chi connectivity index (χ0n) is 14.5. The van der Waals surface area contributed by atoms with Gasteiger partial charge in [-0.25, -0.2) is 33.7 Å². The smallest absolute Gasteiger partial charge is 0.265 e. The lowest BCUT2D eigenvalue weighted by Crippen LogP contribution is -2.60. The molecule has 0 heterocycles. The van der Waals surface area contributed by atoms with Gasteiger partial charge in [-0.3, -0.25) is 20.4 Å². The molecule has 0 bridgehead atoms. The van der Waals surface area contributed by atoms with Crippen molar-refractivity contribution in [1.29, 1.82) is 0 Å². The van der Waals surface area contributed by atoms with Crippen LogP contribution in [-0.4, -0.2) is 67.0 Å². The van der Waals surface area contributed by atoms with Crippen molar-refractivity contribution in [3.05, 3.63) is 0 Å². The summed E-state index contributed by atoms with van der Waals surface area (Å²) in [6.45, 7) is 0. The van der Waals surface area contributed by atoms with Crippen LogP contribution in [0.1, 0.15) is 0 Å². The Morgan fingerprint density at radius 2 is 0.647 bits per heavy atom. The first-order valence-corrected chi connectivity index (χ1v) is 12.4. The monoisotopic (exact) mass is 610 g/mol. The highest BCUT2D eigenvalue weighted by Gasteiger charge is 2.61. The van der Waals surface area contributed by atoms with Gasteiger partial charge in [-0.1, -0.05) is 8.25 Å². The van der Waals surface area contributed by atoms with Gasteiger partial charge in [-0.2, -0.15) is 43.9 Å². The lowest BCUT2D eigenvalue weighted by Gasteiger charge is -2.20. The Bertz CT molecular complexity index is 1160. The highest BCUT2D eigenvalue weighted by molar-refractivity contribution is 8.06. The van der Waals surface area contributed by atoms with E-state index in [9.17, 15) is 87.2 Å². The van der Waals surface area contributed by atoms with Gasteiger partial charge in [0.2, 0.25) is 0 Å². The predicted octanol–water partition coefficient (Wildman–Crippen LogP) is -2.14. The Labute approximate surface area is 180 Å². The maximum atomic E-state index is 13.5. The summed E-state index contributed by atoms with van der Waals surface area (Å²) in [6.07, 6.45) is 0. The Balaban J connectivity index is 5.75. The van der Waals surface area contributed by atoms with Crippen LogP contribution >= 0.6 is 0 Å². The molecule has 0 unspecified atom stereocenters. The normalized spacial score (nSPS) is 15.0. The average Bonchev–Trinajstić information content (AvgIpc) is 2.54. The van der Waals surface area contributed by atoms with Crippen LogP contribution in [0.25, 0.3) is 0 Å². The number of halogens is 10. The molecule has 2 amide bonds. The molecule has 0 radical (unpaired) electrons. The molecule has 4 N–H and O–H groups in total. The first kappa shape index (κ1) is 32.0. The Morgan fingerprint density at radius 3 is 0.824 bits per heavy atom. The number of nitrogens with one attached hydrogen (secondary N) is 4. The molecule has 0 aromatic heterocycles. The van der Waals surface area contributed by atoms with Crippen LogP contribution < -0.4 is 19.1 Å². The van der Waals surface area contributed by atoms with Gasteiger partial charge in [0.25, 0.3) is 0 Å². The van der Waals surface area contributed by atoms with E-state index in [1.165, 1.54) is 0 Å². The number of amides is 2. The number of hydrogen-bond acceptors (Lipinski definition) is 10. The standard InChI is InChI=1S/C6H4F10N4O10S4/c7-3(8,31(23,24)19-33(27,28)5(11,12)13)1(21)17-18-2(22)4(9,10)32(25,26)20-34(29,30)6(14,15)16/h19-20H,(H,17,21)(H,18,22). The highest BCUT2D eigenvalue weighted by Crippen LogP contribution is 2.28. The third-order valence-electron chi connectivity index (χ3n) is 2.54. The summed E-state index contributed by atoms with van der Waals surface area (Å²) in [7, 11) is -28.7. The fraction of sp³-hybridized carbons (Fsp3) is 0.667. The fourth-order valence-electron chi connectivity index (χ4n) is 0.991. The summed E-state index contributed by atoms with van der Waals surface area (Å²) in [4.78, 5) is 22.1. The van der Waals surface area contributed by atoms with Crippen LogP contribution in [0.3, 0.4) is 0 Å². The molecule has 0 aliphatic heterocycles. The molecule has 0 aliphatic rings. The number of hydrazine groups is 1. The molecule has 34 heavy (non-hydrogen) atoms. The number of rotatable bonds is 8. The van der Waals surface area contributed by atoms with Crippen molar-refractivity contribution >= 4 is 51.9 Å². The number of carbonyl (C=O) groups excluding carboxylic acids is 2. The maximum absolute atomic E-state index is 13.5. The summed E-state index contributed by atoms with van der Waals surface area (Å²) >= 11 is 0. The second-order valence-electron chi connectivity index (χ2n) is 5.01. The molecule has 0 saturated carbocycles. The van der Waals surface area contributed by atoms with Gasteiger partial charge < -0.3 is 0 Å². The van der Waals surface area contributed by atoms with Crippen molar-refractivity contribution in [3.8, 4) is 0 Å². The second-order valence-corrected chi connectivity index (χ2v) is 12.3. The zero-order chi connectivity index (χ0) is 28.0. The molecule has 202 valence electrons. The molecule has 14 nitrogen and oxygen atoms in total. The van der Waals surface area contributed by atoms with E-state index in [0.717, 1.165) is 0 Å². The Morgan fingerprint density at radius 1 is 0.441 bits per heavy atom. The van der Waals surface area contributed by atoms with Crippen LogP contribution in [0.4, 0.5) is 43.9 Å². The molecular formula is C6H4F10N4O10S4. The molecule has 0 aliphatic carbocycles. The summed E-state index contributed by atoms with van der Waals surface area (Å²) in [6, 6.07) is 0. The fourth-order valence-corrected chi connectivity index (χ4v) is 5.49. The van der Waals surface area contributed by atoms with Crippen LogP contribution in [0.2, 0.25) is 0 Å². The number of alkyl halides is 10. The minimum atomic E-state index is -7.23. The lowest BCUT2D eigenvalue weighted by atomic mass is 10.6. The largest absolute Gasteiger partial charge is 0.512 e. The van der Waals surface area contributed by atoms with Gasteiger partial charge in [0.05, 0.1) is 0 Å². The van der Waals surface area contributed by atoms with Gasteiger partial charge in [-0.05, 0) is 0 Å². The minimum absolute atomic E-state index is 0.00300. The number of hydrogen-bond donors (Lipinski definition) is 4. The van der Waals surface area contributed by atoms with Gasteiger partial charge >= 0.3 is 73.4 Å². The van der Waals surface area contributed by atoms with Crippen molar-refractivity contribution < 1.29 is 87.2 Å². The van der Waals surface area contributed by atoms with E-state index in [4.69, 9.17) is 0 Å². The molecule has 0 rings (SSSR count). The summed E-state index contributed by atoms with van der Waals surface area (Å²) < 4.78 is 212. The molecule has 0 aromatic rings. The Hall–Kier alpha value is -2.04. The van der Waals surface area contributed by atoms with E-state index in [2.05, 4.69) is 0 Å². The molecule has 28 heteroatoms. The maximum Gasteiger partial charge on any atom is 0.512 e. The van der Waals surface area contributed by atoms with Gasteiger partial charge in [0.15, 0.2) is 0 Å². The van der Waals surface area contributed by atoms with E-state index in [-0.39, 0.29) is 10.9 Å². The molecule has 0 saturated heterocycles. The molecular weight excluding hydrogens is 606 g/mol. The minimum Gasteiger partial charge on any atom is -0.265 e. The van der Waals surface area contributed by atoms with E-state index in [1.807, 2.05) is 0 Å². The van der Waals surface area contributed by atoms with Crippen molar-refractivity contribution in [2.75, 3.05) is 0 Å².